The van der Waals surface area contributed by atoms with Crippen molar-refractivity contribution in [1.29, 1.82) is 0 Å². The second-order valence-corrected chi connectivity index (χ2v) is 8.91. The number of rotatable bonds is 1. The smallest absolute Gasteiger partial charge is 0.263 e. The summed E-state index contributed by atoms with van der Waals surface area (Å²) in [6.45, 7) is 10.9. The molecular weight excluding hydrogens is 469 g/mol. The third kappa shape index (κ3) is 5.77. The standard InChI is InChI=1S/C13H10P.C10H15.2ClH.Zr/c1-2-6-12-11(5-1)7-8-13(12)14-9-3-4-10-14;1-7-6-10(4,5)9(3)8(7)2;;;/h1-10H;1-5H3;2*1H;/q2*-1;;;+2. The number of hydrogen-bond acceptors (Lipinski definition) is 0. The normalized spacial score (nSPS) is 14.3. The van der Waals surface area contributed by atoms with Gasteiger partial charge in [-0.2, -0.15) is 17.2 Å². The molecule has 0 unspecified atom stereocenters. The van der Waals surface area contributed by atoms with Crippen LogP contribution in [-0.4, -0.2) is 0 Å². The van der Waals surface area contributed by atoms with E-state index in [1.54, 1.807) is 0 Å². The van der Waals surface area contributed by atoms with Crippen LogP contribution in [0.5, 0.6) is 0 Å². The molecule has 27 heavy (non-hydrogen) atoms. The summed E-state index contributed by atoms with van der Waals surface area (Å²) in [5.74, 6) is 4.61. The van der Waals surface area contributed by atoms with Crippen molar-refractivity contribution < 1.29 is 26.2 Å². The molecule has 1 aliphatic carbocycles. The first-order valence-corrected chi connectivity index (χ1v) is 9.96. The number of allylic oxidation sites excluding steroid dienone is 4. The van der Waals surface area contributed by atoms with E-state index in [1.165, 1.54) is 32.8 Å². The maximum atomic E-state index is 3.44. The van der Waals surface area contributed by atoms with Gasteiger partial charge < -0.3 is 0 Å². The zero-order valence-corrected chi connectivity index (χ0v) is 21.5. The van der Waals surface area contributed by atoms with E-state index in [1.807, 2.05) is 0 Å². The van der Waals surface area contributed by atoms with Crippen molar-refractivity contribution >= 4 is 43.1 Å². The van der Waals surface area contributed by atoms with Gasteiger partial charge in [0.15, 0.2) is 0 Å². The maximum Gasteiger partial charge on any atom is 2.00 e. The second kappa shape index (κ2) is 10.9. The van der Waals surface area contributed by atoms with E-state index in [2.05, 4.69) is 101 Å². The molecule has 0 radical (unpaired) electrons. The molecule has 0 saturated heterocycles. The Kier molecular flexibility index (Phi) is 10.7. The minimum atomic E-state index is -0.164. The molecule has 0 atom stereocenters. The molecule has 0 spiro atoms. The van der Waals surface area contributed by atoms with Crippen LogP contribution in [0.3, 0.4) is 0 Å². The van der Waals surface area contributed by atoms with Crippen LogP contribution in [0.15, 0.2) is 76.8 Å². The summed E-state index contributed by atoms with van der Waals surface area (Å²) in [7, 11) is -0.164. The van der Waals surface area contributed by atoms with Crippen molar-refractivity contribution in [2.45, 2.75) is 34.6 Å². The van der Waals surface area contributed by atoms with Crippen molar-refractivity contribution in [2.24, 2.45) is 5.41 Å². The average molecular weight is 497 g/mol. The fourth-order valence-electron chi connectivity index (χ4n) is 3.26. The van der Waals surface area contributed by atoms with E-state index >= 15 is 0 Å². The first-order chi connectivity index (χ1) is 11.4. The average Bonchev–Trinajstić information content (AvgIpc) is 3.25. The number of halogens is 2. The predicted molar refractivity (Wildman–Crippen MR) is 123 cm³/mol. The molecular formula is C23H27Cl2PZr. The minimum absolute atomic E-state index is 0. The molecule has 0 fully saturated rings. The van der Waals surface area contributed by atoms with Gasteiger partial charge in [-0.1, -0.05) is 56.6 Å². The third-order valence-electron chi connectivity index (χ3n) is 5.10. The van der Waals surface area contributed by atoms with E-state index in [9.17, 15) is 0 Å². The molecule has 4 heteroatoms. The van der Waals surface area contributed by atoms with Crippen LogP contribution < -0.4 is 0 Å². The van der Waals surface area contributed by atoms with Crippen molar-refractivity contribution in [3.05, 3.63) is 82.9 Å². The summed E-state index contributed by atoms with van der Waals surface area (Å²) in [5, 5.41) is 4.26. The fourth-order valence-corrected chi connectivity index (χ4v) is 4.98. The third-order valence-corrected chi connectivity index (χ3v) is 7.04. The quantitative estimate of drug-likeness (QED) is 0.296. The van der Waals surface area contributed by atoms with Gasteiger partial charge >= 0.3 is 26.2 Å². The summed E-state index contributed by atoms with van der Waals surface area (Å²) in [6, 6.07) is 17.4. The summed E-state index contributed by atoms with van der Waals surface area (Å²) < 4.78 is 0. The second-order valence-electron chi connectivity index (χ2n) is 7.02. The van der Waals surface area contributed by atoms with Crippen LogP contribution in [0.2, 0.25) is 0 Å². The van der Waals surface area contributed by atoms with Gasteiger partial charge in [-0.05, 0) is 11.6 Å². The summed E-state index contributed by atoms with van der Waals surface area (Å²) in [4.78, 5) is 0. The van der Waals surface area contributed by atoms with Crippen LogP contribution in [0, 0.1) is 11.5 Å². The van der Waals surface area contributed by atoms with Gasteiger partial charge in [-0.15, -0.1) is 74.3 Å². The van der Waals surface area contributed by atoms with E-state index in [0.29, 0.717) is 0 Å². The van der Waals surface area contributed by atoms with Crippen molar-refractivity contribution in [2.75, 3.05) is 0 Å². The van der Waals surface area contributed by atoms with Crippen molar-refractivity contribution in [1.82, 2.24) is 0 Å². The monoisotopic (exact) mass is 494 g/mol. The van der Waals surface area contributed by atoms with Crippen LogP contribution in [0.1, 0.15) is 34.6 Å². The van der Waals surface area contributed by atoms with Crippen LogP contribution in [0.4, 0.5) is 0 Å². The summed E-state index contributed by atoms with van der Waals surface area (Å²) >= 11 is 0. The fraction of sp³-hybridized carbons (Fsp3) is 0.261. The molecule has 3 aromatic rings. The number of hydrogen-bond donors (Lipinski definition) is 0. The Hall–Kier alpha value is -0.447. The molecule has 1 aromatic heterocycles. The zero-order valence-electron chi connectivity index (χ0n) is 16.5. The van der Waals surface area contributed by atoms with Gasteiger partial charge in [0, 0.05) is 0 Å². The number of benzene rings is 1. The van der Waals surface area contributed by atoms with Gasteiger partial charge in [-0.25, -0.2) is 5.57 Å². The van der Waals surface area contributed by atoms with Gasteiger partial charge in [0.1, 0.15) is 0 Å². The van der Waals surface area contributed by atoms with E-state index in [-0.39, 0.29) is 64.0 Å². The largest absolute Gasteiger partial charge is 2.00 e. The topological polar surface area (TPSA) is 0 Å². The molecule has 0 nitrogen and oxygen atoms in total. The Morgan fingerprint density at radius 3 is 1.96 bits per heavy atom. The molecule has 1 aliphatic rings. The Balaban J connectivity index is 0.000000473. The Morgan fingerprint density at radius 1 is 0.889 bits per heavy atom. The van der Waals surface area contributed by atoms with Crippen LogP contribution >= 0.6 is 32.3 Å². The van der Waals surface area contributed by atoms with Crippen LogP contribution in [0.25, 0.3) is 16.1 Å². The molecule has 4 rings (SSSR count). The van der Waals surface area contributed by atoms with E-state index in [4.69, 9.17) is 0 Å². The Morgan fingerprint density at radius 2 is 1.48 bits per heavy atom. The van der Waals surface area contributed by atoms with E-state index < -0.39 is 0 Å². The SMILES string of the molecule is CC1=[C-]C(C)(C)C(C)=C1C.Cl.Cl.[Zr+2].c1ccc2c(c1)cc[c-]2-p1cccc1. The van der Waals surface area contributed by atoms with Gasteiger partial charge in [0.05, 0.1) is 0 Å². The minimum Gasteiger partial charge on any atom is -0.263 e. The summed E-state index contributed by atoms with van der Waals surface area (Å²) in [5.41, 5.74) is 4.39. The summed E-state index contributed by atoms with van der Waals surface area (Å²) in [6.07, 6.45) is 3.44. The molecule has 0 amide bonds. The predicted octanol–water partition coefficient (Wildman–Crippen LogP) is 8.49. The van der Waals surface area contributed by atoms with E-state index in [0.717, 1.165) is 0 Å². The zero-order chi connectivity index (χ0) is 17.3. The Labute approximate surface area is 196 Å². The van der Waals surface area contributed by atoms with Gasteiger partial charge in [-0.3, -0.25) is 6.08 Å². The molecule has 0 saturated carbocycles. The number of fused-ring (bicyclic) bond motifs is 1. The maximum absolute atomic E-state index is 3.44. The Bertz CT molecular complexity index is 915. The first kappa shape index (κ1) is 26.6. The van der Waals surface area contributed by atoms with Crippen molar-refractivity contribution in [3.63, 3.8) is 0 Å². The van der Waals surface area contributed by atoms with Gasteiger partial charge in [0.25, 0.3) is 0 Å². The molecule has 0 bridgehead atoms. The molecule has 1 heterocycles. The molecule has 0 aliphatic heterocycles. The van der Waals surface area contributed by atoms with Crippen molar-refractivity contribution in [3.8, 4) is 5.30 Å². The molecule has 142 valence electrons. The van der Waals surface area contributed by atoms with Crippen LogP contribution in [-0.2, 0) is 26.2 Å². The molecule has 0 N–H and O–H groups in total. The molecule has 2 aromatic carbocycles. The van der Waals surface area contributed by atoms with Gasteiger partial charge in [0.2, 0.25) is 0 Å². The first-order valence-electron chi connectivity index (χ1n) is 8.48.